The van der Waals surface area contributed by atoms with E-state index in [-0.39, 0.29) is 35.5 Å². The second kappa shape index (κ2) is 11.7. The number of halogens is 2. The van der Waals surface area contributed by atoms with Gasteiger partial charge in [-0.25, -0.2) is 13.6 Å². The van der Waals surface area contributed by atoms with Crippen molar-refractivity contribution in [3.8, 4) is 0 Å². The molecular weight excluding hydrogens is 456 g/mol. The molecule has 0 radical (unpaired) electrons. The predicted molar refractivity (Wildman–Crippen MR) is 140 cm³/mol. The van der Waals surface area contributed by atoms with E-state index in [1.165, 1.54) is 41.0 Å². The summed E-state index contributed by atoms with van der Waals surface area (Å²) in [6.45, 7) is 8.57. The van der Waals surface area contributed by atoms with Gasteiger partial charge in [-0.05, 0) is 68.1 Å². The molecule has 4 nitrogen and oxygen atoms in total. The maximum atomic E-state index is 13.8. The minimum atomic E-state index is -0.298. The smallest absolute Gasteiger partial charge is 0.317 e. The molecule has 0 spiro atoms. The van der Waals surface area contributed by atoms with E-state index >= 15 is 0 Å². The van der Waals surface area contributed by atoms with Crippen LogP contribution < -0.4 is 10.6 Å². The van der Waals surface area contributed by atoms with Gasteiger partial charge in [0.2, 0.25) is 0 Å². The van der Waals surface area contributed by atoms with Gasteiger partial charge in [0, 0.05) is 44.1 Å². The first-order valence-corrected chi connectivity index (χ1v) is 12.7. The molecule has 6 heteroatoms. The number of benzene rings is 3. The largest absolute Gasteiger partial charge is 0.338 e. The predicted octanol–water partition coefficient (Wildman–Crippen LogP) is 5.92. The van der Waals surface area contributed by atoms with Gasteiger partial charge in [0.15, 0.2) is 0 Å². The van der Waals surface area contributed by atoms with Gasteiger partial charge in [-0.2, -0.15) is 0 Å². The number of hydrogen-bond donors (Lipinski definition) is 2. The number of likely N-dealkylation sites (tertiary alicyclic amines) is 1. The molecule has 1 saturated heterocycles. The molecule has 2 N–H and O–H groups in total. The summed E-state index contributed by atoms with van der Waals surface area (Å²) in [5.41, 5.74) is 5.57. The molecule has 190 valence electrons. The monoisotopic (exact) mass is 491 g/mol. The molecule has 4 rings (SSSR count). The maximum Gasteiger partial charge on any atom is 0.317 e. The van der Waals surface area contributed by atoms with Gasteiger partial charge in [0.25, 0.3) is 0 Å². The first-order chi connectivity index (χ1) is 17.3. The van der Waals surface area contributed by atoms with Crippen LogP contribution in [0.5, 0.6) is 0 Å². The zero-order valence-electron chi connectivity index (χ0n) is 21.2. The Labute approximate surface area is 212 Å². The van der Waals surface area contributed by atoms with E-state index in [0.29, 0.717) is 26.2 Å². The van der Waals surface area contributed by atoms with Crippen LogP contribution in [0.3, 0.4) is 0 Å². The summed E-state index contributed by atoms with van der Waals surface area (Å²) in [5.74, 6) is -0.731. The van der Waals surface area contributed by atoms with Crippen LogP contribution in [0.1, 0.15) is 47.1 Å². The molecule has 1 aliphatic rings. The van der Waals surface area contributed by atoms with Gasteiger partial charge in [-0.3, -0.25) is 0 Å². The number of rotatable bonds is 7. The molecule has 0 unspecified atom stereocenters. The third-order valence-corrected chi connectivity index (χ3v) is 7.01. The Morgan fingerprint density at radius 2 is 1.50 bits per heavy atom. The number of nitrogens with zero attached hydrogens (tertiary/aromatic N) is 1. The number of piperidine rings is 1. The lowest BCUT2D eigenvalue weighted by Gasteiger charge is -2.43. The quantitative estimate of drug-likeness (QED) is 0.431. The minimum absolute atomic E-state index is 0.00295. The number of hydrogen-bond acceptors (Lipinski definition) is 2. The molecular formula is C30H35F2N3O. The zero-order chi connectivity index (χ0) is 25.7. The lowest BCUT2D eigenvalue weighted by molar-refractivity contribution is 0.135. The van der Waals surface area contributed by atoms with Crippen molar-refractivity contribution in [2.75, 3.05) is 19.6 Å². The Morgan fingerprint density at radius 1 is 0.944 bits per heavy atom. The number of carbonyl (C=O) groups is 1. The normalized spacial score (nSPS) is 17.9. The molecule has 0 saturated carbocycles. The Morgan fingerprint density at radius 3 is 2.03 bits per heavy atom. The fourth-order valence-electron chi connectivity index (χ4n) is 5.47. The average molecular weight is 492 g/mol. The summed E-state index contributed by atoms with van der Waals surface area (Å²) < 4.78 is 27.7. The average Bonchev–Trinajstić information content (AvgIpc) is 2.85. The van der Waals surface area contributed by atoms with Crippen LogP contribution in [0.25, 0.3) is 0 Å². The highest BCUT2D eigenvalue weighted by molar-refractivity contribution is 5.74. The summed E-state index contributed by atoms with van der Waals surface area (Å²) in [5, 5.41) is 6.69. The molecule has 1 fully saturated rings. The van der Waals surface area contributed by atoms with Crippen LogP contribution in [-0.2, 0) is 6.54 Å². The second-order valence-corrected chi connectivity index (χ2v) is 9.80. The van der Waals surface area contributed by atoms with Crippen molar-refractivity contribution in [2.24, 2.45) is 5.92 Å². The molecule has 2 atom stereocenters. The second-order valence-electron chi connectivity index (χ2n) is 9.80. The zero-order valence-corrected chi connectivity index (χ0v) is 21.2. The number of nitrogens with one attached hydrogen (secondary N) is 2. The topological polar surface area (TPSA) is 44.4 Å². The molecule has 1 aliphatic heterocycles. The SMILES string of the molecule is CCNC(=O)N1CC[C@H](NCc2cc(C)cc(C)c2)[C@H](C(c2ccc(F)cc2)c2ccc(F)cc2)C1. The molecule has 1 heterocycles. The maximum absolute atomic E-state index is 13.8. The van der Waals surface area contributed by atoms with Crippen LogP contribution in [0.15, 0.2) is 66.7 Å². The Bertz CT molecular complexity index is 1100. The highest BCUT2D eigenvalue weighted by Crippen LogP contribution is 2.38. The van der Waals surface area contributed by atoms with Crippen molar-refractivity contribution in [1.29, 1.82) is 0 Å². The molecule has 3 aromatic rings. The van der Waals surface area contributed by atoms with E-state index in [1.54, 1.807) is 24.3 Å². The highest BCUT2D eigenvalue weighted by Gasteiger charge is 2.37. The highest BCUT2D eigenvalue weighted by atomic mass is 19.1. The van der Waals surface area contributed by atoms with Crippen molar-refractivity contribution in [1.82, 2.24) is 15.5 Å². The summed E-state index contributed by atoms with van der Waals surface area (Å²) in [6.07, 6.45) is 0.783. The Hall–Kier alpha value is -3.25. The number of amides is 2. The summed E-state index contributed by atoms with van der Waals surface area (Å²) >= 11 is 0. The van der Waals surface area contributed by atoms with Gasteiger partial charge < -0.3 is 15.5 Å². The molecule has 0 aromatic heterocycles. The van der Waals surface area contributed by atoms with Crippen LogP contribution >= 0.6 is 0 Å². The summed E-state index contributed by atoms with van der Waals surface area (Å²) in [7, 11) is 0. The van der Waals surface area contributed by atoms with Crippen molar-refractivity contribution in [2.45, 2.75) is 45.7 Å². The fourth-order valence-corrected chi connectivity index (χ4v) is 5.47. The van der Waals surface area contributed by atoms with E-state index in [2.05, 4.69) is 42.7 Å². The standard InChI is InChI=1S/C30H35F2N3O/c1-4-33-30(36)35-14-13-28(34-18-22-16-20(2)15-21(3)17-22)27(19-35)29(23-5-9-25(31)10-6-23)24-7-11-26(32)12-8-24/h5-12,15-17,27-29,34H,4,13-14,18-19H2,1-3H3,(H,33,36)/t27-,28+/m1/s1. The van der Waals surface area contributed by atoms with Gasteiger partial charge in [0.05, 0.1) is 0 Å². The van der Waals surface area contributed by atoms with Crippen LogP contribution in [0.4, 0.5) is 13.6 Å². The third kappa shape index (κ3) is 6.30. The van der Waals surface area contributed by atoms with Crippen molar-refractivity contribution < 1.29 is 13.6 Å². The molecule has 2 amide bonds. The van der Waals surface area contributed by atoms with Crippen molar-refractivity contribution in [3.05, 3.63) is 106 Å². The molecule has 0 aliphatic carbocycles. The fraction of sp³-hybridized carbons (Fsp3) is 0.367. The summed E-state index contributed by atoms with van der Waals surface area (Å²) in [6, 6.07) is 19.6. The molecule has 0 bridgehead atoms. The van der Waals surface area contributed by atoms with Crippen LogP contribution in [0, 0.1) is 31.4 Å². The van der Waals surface area contributed by atoms with E-state index in [4.69, 9.17) is 0 Å². The van der Waals surface area contributed by atoms with E-state index in [9.17, 15) is 13.6 Å². The van der Waals surface area contributed by atoms with Gasteiger partial charge in [-0.1, -0.05) is 53.6 Å². The van der Waals surface area contributed by atoms with Crippen molar-refractivity contribution >= 4 is 6.03 Å². The first-order valence-electron chi connectivity index (χ1n) is 12.7. The Kier molecular flexibility index (Phi) is 8.36. The molecule has 3 aromatic carbocycles. The van der Waals surface area contributed by atoms with Crippen molar-refractivity contribution in [3.63, 3.8) is 0 Å². The summed E-state index contributed by atoms with van der Waals surface area (Å²) in [4.78, 5) is 14.6. The number of carbonyl (C=O) groups excluding carboxylic acids is 1. The lowest BCUT2D eigenvalue weighted by atomic mass is 9.74. The van der Waals surface area contributed by atoms with Gasteiger partial charge >= 0.3 is 6.03 Å². The van der Waals surface area contributed by atoms with Crippen LogP contribution in [0.2, 0.25) is 0 Å². The van der Waals surface area contributed by atoms with E-state index in [1.807, 2.05) is 11.8 Å². The van der Waals surface area contributed by atoms with Crippen LogP contribution in [-0.4, -0.2) is 36.6 Å². The number of urea groups is 1. The minimum Gasteiger partial charge on any atom is -0.338 e. The van der Waals surface area contributed by atoms with E-state index < -0.39 is 0 Å². The van der Waals surface area contributed by atoms with E-state index in [0.717, 1.165) is 17.5 Å². The number of aryl methyl sites for hydroxylation is 2. The van der Waals surface area contributed by atoms with Gasteiger partial charge in [0.1, 0.15) is 11.6 Å². The third-order valence-electron chi connectivity index (χ3n) is 7.01. The lowest BCUT2D eigenvalue weighted by Crippen LogP contribution is -2.54. The van der Waals surface area contributed by atoms with Gasteiger partial charge in [-0.15, -0.1) is 0 Å². The molecule has 36 heavy (non-hydrogen) atoms. The Balaban J connectivity index is 1.69. The first kappa shape index (κ1) is 25.8.